The van der Waals surface area contributed by atoms with Gasteiger partial charge in [-0.25, -0.2) is 5.43 Å². The van der Waals surface area contributed by atoms with Gasteiger partial charge in [0.15, 0.2) is 0 Å². The molecule has 0 radical (unpaired) electrons. The van der Waals surface area contributed by atoms with Crippen LogP contribution in [0.15, 0.2) is 41.5 Å². The van der Waals surface area contributed by atoms with Gasteiger partial charge in [-0.15, -0.1) is 0 Å². The van der Waals surface area contributed by atoms with E-state index >= 15 is 0 Å². The summed E-state index contributed by atoms with van der Waals surface area (Å²) in [4.78, 5) is 11.7. The number of aryl methyl sites for hydroxylation is 3. The zero-order valence-electron chi connectivity index (χ0n) is 11.7. The van der Waals surface area contributed by atoms with E-state index in [1.807, 2.05) is 54.9 Å². The molecule has 20 heavy (non-hydrogen) atoms. The molecule has 104 valence electrons. The van der Waals surface area contributed by atoms with Crippen molar-refractivity contribution in [2.45, 2.75) is 26.8 Å². The molecule has 0 aliphatic rings. The minimum atomic E-state index is -0.121. The predicted molar refractivity (Wildman–Crippen MR) is 78.5 cm³/mol. The van der Waals surface area contributed by atoms with Crippen LogP contribution in [0.25, 0.3) is 0 Å². The van der Waals surface area contributed by atoms with Crippen molar-refractivity contribution in [3.05, 3.63) is 53.3 Å². The Bertz CT molecular complexity index is 602. The molecular weight excluding hydrogens is 252 g/mol. The molecular formula is C15H18N4O. The Labute approximate surface area is 118 Å². The lowest BCUT2D eigenvalue weighted by Gasteiger charge is -2.03. The van der Waals surface area contributed by atoms with Gasteiger partial charge in [0.2, 0.25) is 5.91 Å². The lowest BCUT2D eigenvalue weighted by molar-refractivity contribution is -0.121. The Morgan fingerprint density at radius 2 is 2.10 bits per heavy atom. The van der Waals surface area contributed by atoms with Crippen LogP contribution >= 0.6 is 0 Å². The summed E-state index contributed by atoms with van der Waals surface area (Å²) in [6.07, 6.45) is 1.98. The van der Waals surface area contributed by atoms with E-state index in [4.69, 9.17) is 0 Å². The number of nitrogens with one attached hydrogen (secondary N) is 1. The van der Waals surface area contributed by atoms with Crippen LogP contribution < -0.4 is 5.43 Å². The average molecular weight is 270 g/mol. The third kappa shape index (κ3) is 4.05. The van der Waals surface area contributed by atoms with Crippen molar-refractivity contribution < 1.29 is 4.79 Å². The highest BCUT2D eigenvalue weighted by molar-refractivity contribution is 5.82. The lowest BCUT2D eigenvalue weighted by Crippen LogP contribution is -2.20. The second-order valence-electron chi connectivity index (χ2n) is 4.60. The first kappa shape index (κ1) is 14.0. The van der Waals surface area contributed by atoms with E-state index in [9.17, 15) is 4.79 Å². The quantitative estimate of drug-likeness (QED) is 0.667. The third-order valence-electron chi connectivity index (χ3n) is 2.86. The van der Waals surface area contributed by atoms with Crippen LogP contribution in [0, 0.1) is 13.8 Å². The zero-order valence-corrected chi connectivity index (χ0v) is 11.7. The molecule has 0 bridgehead atoms. The largest absolute Gasteiger partial charge is 0.273 e. The highest BCUT2D eigenvalue weighted by atomic mass is 16.2. The summed E-state index contributed by atoms with van der Waals surface area (Å²) in [5, 5.41) is 8.24. The normalized spacial score (nSPS) is 10.9. The van der Waals surface area contributed by atoms with Crippen LogP contribution in [-0.4, -0.2) is 21.9 Å². The number of benzene rings is 1. The molecule has 0 fully saturated rings. The van der Waals surface area contributed by atoms with E-state index in [0.717, 1.165) is 17.0 Å². The Kier molecular flexibility index (Phi) is 4.65. The number of hydrogen-bond donors (Lipinski definition) is 1. The molecule has 0 aliphatic heterocycles. The minimum absolute atomic E-state index is 0.121. The highest BCUT2D eigenvalue weighted by Gasteiger charge is 2.04. The Morgan fingerprint density at radius 1 is 1.35 bits per heavy atom. The second kappa shape index (κ2) is 6.65. The number of carbonyl (C=O) groups is 1. The van der Waals surface area contributed by atoms with Crippen molar-refractivity contribution >= 4 is 12.1 Å². The third-order valence-corrected chi connectivity index (χ3v) is 2.86. The molecule has 1 aromatic carbocycles. The predicted octanol–water partition coefficient (Wildman–Crippen LogP) is 2.04. The SMILES string of the molecule is Cc1cc(C)n(CCC(=O)N/N=C/c2ccccc2)n1. The summed E-state index contributed by atoms with van der Waals surface area (Å²) >= 11 is 0. The first-order valence-electron chi connectivity index (χ1n) is 6.53. The van der Waals surface area contributed by atoms with Gasteiger partial charge >= 0.3 is 0 Å². The van der Waals surface area contributed by atoms with Gasteiger partial charge < -0.3 is 0 Å². The molecule has 1 N–H and O–H groups in total. The van der Waals surface area contributed by atoms with Crippen LogP contribution in [0.1, 0.15) is 23.4 Å². The van der Waals surface area contributed by atoms with Crippen molar-refractivity contribution in [1.29, 1.82) is 0 Å². The van der Waals surface area contributed by atoms with E-state index in [1.165, 1.54) is 0 Å². The van der Waals surface area contributed by atoms with Gasteiger partial charge in [-0.05, 0) is 25.5 Å². The number of carbonyl (C=O) groups excluding carboxylic acids is 1. The number of aromatic nitrogens is 2. The number of nitrogens with zero attached hydrogens (tertiary/aromatic N) is 3. The van der Waals surface area contributed by atoms with E-state index in [1.54, 1.807) is 6.21 Å². The lowest BCUT2D eigenvalue weighted by atomic mass is 10.2. The van der Waals surface area contributed by atoms with Crippen LogP contribution in [-0.2, 0) is 11.3 Å². The maximum Gasteiger partial charge on any atom is 0.241 e. The fourth-order valence-electron chi connectivity index (χ4n) is 1.88. The van der Waals surface area contributed by atoms with Gasteiger partial charge in [-0.2, -0.15) is 10.2 Å². The van der Waals surface area contributed by atoms with Crippen molar-refractivity contribution in [1.82, 2.24) is 15.2 Å². The number of amides is 1. The fourth-order valence-corrected chi connectivity index (χ4v) is 1.88. The van der Waals surface area contributed by atoms with Crippen LogP contribution in [0.5, 0.6) is 0 Å². The van der Waals surface area contributed by atoms with Gasteiger partial charge in [-0.1, -0.05) is 30.3 Å². The van der Waals surface area contributed by atoms with Crippen LogP contribution in [0.3, 0.4) is 0 Å². The Hall–Kier alpha value is -2.43. The molecule has 0 aliphatic carbocycles. The molecule has 0 spiro atoms. The van der Waals surface area contributed by atoms with E-state index in [-0.39, 0.29) is 5.91 Å². The molecule has 2 aromatic rings. The monoisotopic (exact) mass is 270 g/mol. The average Bonchev–Trinajstić information content (AvgIpc) is 2.76. The van der Waals surface area contributed by atoms with Crippen molar-refractivity contribution in [2.24, 2.45) is 5.10 Å². The number of hydrazone groups is 1. The minimum Gasteiger partial charge on any atom is -0.273 e. The highest BCUT2D eigenvalue weighted by Crippen LogP contribution is 2.02. The molecule has 0 saturated heterocycles. The molecule has 5 heteroatoms. The molecule has 1 aromatic heterocycles. The van der Waals surface area contributed by atoms with Crippen molar-refractivity contribution in [2.75, 3.05) is 0 Å². The van der Waals surface area contributed by atoms with Crippen molar-refractivity contribution in [3.63, 3.8) is 0 Å². The second-order valence-corrected chi connectivity index (χ2v) is 4.60. The van der Waals surface area contributed by atoms with Gasteiger partial charge in [0, 0.05) is 12.1 Å². The van der Waals surface area contributed by atoms with Crippen LogP contribution in [0.4, 0.5) is 0 Å². The van der Waals surface area contributed by atoms with Gasteiger partial charge in [0.1, 0.15) is 0 Å². The molecule has 0 saturated carbocycles. The number of hydrogen-bond acceptors (Lipinski definition) is 3. The maximum atomic E-state index is 11.7. The van der Waals surface area contributed by atoms with Crippen molar-refractivity contribution in [3.8, 4) is 0 Å². The first-order chi connectivity index (χ1) is 9.65. The zero-order chi connectivity index (χ0) is 14.4. The summed E-state index contributed by atoms with van der Waals surface area (Å²) in [6.45, 7) is 4.48. The van der Waals surface area contributed by atoms with E-state index < -0.39 is 0 Å². The van der Waals surface area contributed by atoms with Gasteiger partial charge in [0.05, 0.1) is 18.5 Å². The number of rotatable bonds is 5. The Morgan fingerprint density at radius 3 is 2.75 bits per heavy atom. The van der Waals surface area contributed by atoms with Gasteiger partial charge in [0.25, 0.3) is 0 Å². The van der Waals surface area contributed by atoms with Gasteiger partial charge in [-0.3, -0.25) is 9.48 Å². The first-order valence-corrected chi connectivity index (χ1v) is 6.53. The smallest absolute Gasteiger partial charge is 0.241 e. The summed E-state index contributed by atoms with van der Waals surface area (Å²) in [7, 11) is 0. The topological polar surface area (TPSA) is 59.3 Å². The Balaban J connectivity index is 1.79. The molecule has 2 rings (SSSR count). The summed E-state index contributed by atoms with van der Waals surface area (Å²) in [6, 6.07) is 11.6. The maximum absolute atomic E-state index is 11.7. The fraction of sp³-hybridized carbons (Fsp3) is 0.267. The molecule has 1 amide bonds. The summed E-state index contributed by atoms with van der Waals surface area (Å²) in [5.74, 6) is -0.121. The molecule has 0 atom stereocenters. The molecule has 0 unspecified atom stereocenters. The van der Waals surface area contributed by atoms with E-state index in [0.29, 0.717) is 13.0 Å². The van der Waals surface area contributed by atoms with E-state index in [2.05, 4.69) is 15.6 Å². The summed E-state index contributed by atoms with van der Waals surface area (Å²) < 4.78 is 1.83. The standard InChI is InChI=1S/C15H18N4O/c1-12-10-13(2)19(18-12)9-8-15(20)17-16-11-14-6-4-3-5-7-14/h3-7,10-11H,8-9H2,1-2H3,(H,17,20)/b16-11+. The molecule has 5 nitrogen and oxygen atoms in total. The van der Waals surface area contributed by atoms with Crippen LogP contribution in [0.2, 0.25) is 0 Å². The molecule has 1 heterocycles. The summed E-state index contributed by atoms with van der Waals surface area (Å²) in [5.41, 5.74) is 5.49.